The molecule has 0 unspecified atom stereocenters. The third-order valence-corrected chi connectivity index (χ3v) is 6.69. The largest absolute Gasteiger partial charge is 0.497 e. The molecule has 1 aliphatic heterocycles. The van der Waals surface area contributed by atoms with Crippen molar-refractivity contribution in [1.82, 2.24) is 10.2 Å². The molecule has 5 rings (SSSR count). The smallest absolute Gasteiger partial charge is 0.297 e. The van der Waals surface area contributed by atoms with E-state index in [9.17, 15) is 9.59 Å². The number of carbonyl (C=O) groups excluding carboxylic acids is 1. The molecule has 2 aromatic carbocycles. The maximum atomic E-state index is 13.6. The predicted octanol–water partition coefficient (Wildman–Crippen LogP) is 5.25. The second-order valence-electron chi connectivity index (χ2n) is 8.24. The minimum absolute atomic E-state index is 0.0104. The molecular weight excluding hydrogens is 462 g/mol. The first-order chi connectivity index (χ1) is 15.9. The van der Waals surface area contributed by atoms with Crippen LogP contribution < -0.4 is 15.1 Å². The number of anilines is 1. The molecule has 0 spiro atoms. The highest BCUT2D eigenvalue weighted by atomic mass is 35.5. The molecule has 1 atom stereocenters. The Morgan fingerprint density at radius 3 is 2.61 bits per heavy atom. The molecular formula is C24H20ClN3O4S. The number of ether oxygens (including phenoxy) is 1. The fraction of sp³-hybridized carbons (Fsp3) is 0.250. The van der Waals surface area contributed by atoms with Crippen molar-refractivity contribution in [1.29, 1.82) is 0 Å². The van der Waals surface area contributed by atoms with Crippen molar-refractivity contribution in [2.45, 2.75) is 26.3 Å². The van der Waals surface area contributed by atoms with E-state index in [1.54, 1.807) is 37.4 Å². The van der Waals surface area contributed by atoms with Crippen LogP contribution in [0.2, 0.25) is 5.02 Å². The number of hydrogen-bond donors (Lipinski definition) is 0. The lowest BCUT2D eigenvalue weighted by molar-refractivity contribution is 0.0970. The van der Waals surface area contributed by atoms with E-state index in [-0.39, 0.29) is 16.8 Å². The number of rotatable bonds is 5. The van der Waals surface area contributed by atoms with Gasteiger partial charge in [-0.25, -0.2) is 0 Å². The molecule has 2 aromatic heterocycles. The topological polar surface area (TPSA) is 85.5 Å². The van der Waals surface area contributed by atoms with Gasteiger partial charge in [-0.2, -0.15) is 0 Å². The number of fused-ring (bicyclic) bond motifs is 2. The molecule has 168 valence electrons. The lowest BCUT2D eigenvalue weighted by atomic mass is 9.98. The Balaban J connectivity index is 1.73. The van der Waals surface area contributed by atoms with Gasteiger partial charge in [0.05, 0.1) is 24.1 Å². The van der Waals surface area contributed by atoms with Crippen LogP contribution in [0.25, 0.3) is 11.0 Å². The maximum Gasteiger partial charge on any atom is 0.297 e. The third kappa shape index (κ3) is 3.69. The standard InChI is InChI=1S/C24H20ClN3O4S/c1-12(2)10-18-26-27-24(33-18)28-20(13-4-7-15(31-3)8-5-13)19-21(29)16-11-14(25)6-9-17(16)32-22(19)23(28)30/h4-9,11-12,20H,10H2,1-3H3/t20-/m0/s1. The summed E-state index contributed by atoms with van der Waals surface area (Å²) in [5, 5.41) is 10.6. The van der Waals surface area contributed by atoms with Gasteiger partial charge in [0.2, 0.25) is 10.9 Å². The number of carbonyl (C=O) groups is 1. The minimum Gasteiger partial charge on any atom is -0.497 e. The summed E-state index contributed by atoms with van der Waals surface area (Å²) in [6.07, 6.45) is 0.749. The van der Waals surface area contributed by atoms with Crippen molar-refractivity contribution in [2.24, 2.45) is 5.92 Å². The van der Waals surface area contributed by atoms with Crippen LogP contribution in [0.4, 0.5) is 5.13 Å². The van der Waals surface area contributed by atoms with Gasteiger partial charge in [0.1, 0.15) is 16.3 Å². The first-order valence-corrected chi connectivity index (χ1v) is 11.6. The van der Waals surface area contributed by atoms with Crippen molar-refractivity contribution in [3.63, 3.8) is 0 Å². The van der Waals surface area contributed by atoms with Gasteiger partial charge in [0, 0.05) is 11.4 Å². The average molecular weight is 482 g/mol. The molecule has 0 saturated carbocycles. The lowest BCUT2D eigenvalue weighted by Crippen LogP contribution is -2.29. The zero-order chi connectivity index (χ0) is 23.3. The number of halogens is 1. The van der Waals surface area contributed by atoms with E-state index < -0.39 is 11.9 Å². The van der Waals surface area contributed by atoms with Gasteiger partial charge in [-0.3, -0.25) is 14.5 Å². The summed E-state index contributed by atoms with van der Waals surface area (Å²) in [6, 6.07) is 11.3. The zero-order valence-electron chi connectivity index (χ0n) is 18.2. The fourth-order valence-corrected chi connectivity index (χ4v) is 5.27. The quantitative estimate of drug-likeness (QED) is 0.386. The summed E-state index contributed by atoms with van der Waals surface area (Å²) >= 11 is 7.48. The van der Waals surface area contributed by atoms with E-state index >= 15 is 0 Å². The highest BCUT2D eigenvalue weighted by molar-refractivity contribution is 7.15. The van der Waals surface area contributed by atoms with Crippen molar-refractivity contribution in [2.75, 3.05) is 12.0 Å². The number of benzene rings is 2. The number of methoxy groups -OCH3 is 1. The molecule has 0 bridgehead atoms. The van der Waals surface area contributed by atoms with Crippen LogP contribution in [0.15, 0.2) is 51.7 Å². The van der Waals surface area contributed by atoms with Crippen molar-refractivity contribution < 1.29 is 13.9 Å². The Morgan fingerprint density at radius 1 is 1.15 bits per heavy atom. The van der Waals surface area contributed by atoms with Crippen LogP contribution in [-0.2, 0) is 6.42 Å². The maximum absolute atomic E-state index is 13.6. The van der Waals surface area contributed by atoms with Gasteiger partial charge in [0.25, 0.3) is 5.91 Å². The normalized spacial score (nSPS) is 15.5. The Kier molecular flexibility index (Phi) is 5.42. The second kappa shape index (κ2) is 8.28. The van der Waals surface area contributed by atoms with Crippen LogP contribution >= 0.6 is 22.9 Å². The van der Waals surface area contributed by atoms with E-state index in [0.29, 0.717) is 32.8 Å². The first kappa shape index (κ1) is 21.6. The molecule has 33 heavy (non-hydrogen) atoms. The predicted molar refractivity (Wildman–Crippen MR) is 128 cm³/mol. The molecule has 1 amide bonds. The van der Waals surface area contributed by atoms with Crippen molar-refractivity contribution in [3.8, 4) is 5.75 Å². The number of amides is 1. The monoisotopic (exact) mass is 481 g/mol. The average Bonchev–Trinajstić information content (AvgIpc) is 3.36. The number of nitrogens with zero attached hydrogens (tertiary/aromatic N) is 3. The molecule has 0 fully saturated rings. The summed E-state index contributed by atoms with van der Waals surface area (Å²) in [4.78, 5) is 28.7. The molecule has 9 heteroatoms. The molecule has 3 heterocycles. The van der Waals surface area contributed by atoms with Gasteiger partial charge in [-0.15, -0.1) is 10.2 Å². The van der Waals surface area contributed by atoms with Gasteiger partial charge in [-0.1, -0.05) is 48.9 Å². The van der Waals surface area contributed by atoms with Gasteiger partial charge < -0.3 is 9.15 Å². The Hall–Kier alpha value is -3.23. The summed E-state index contributed by atoms with van der Waals surface area (Å²) in [5.41, 5.74) is 1.01. The summed E-state index contributed by atoms with van der Waals surface area (Å²) < 4.78 is 11.2. The first-order valence-electron chi connectivity index (χ1n) is 10.4. The molecule has 4 aromatic rings. The minimum atomic E-state index is -0.710. The van der Waals surface area contributed by atoms with Gasteiger partial charge in [-0.05, 0) is 41.8 Å². The summed E-state index contributed by atoms with van der Waals surface area (Å²) in [5.74, 6) is 0.651. The highest BCUT2D eigenvalue weighted by Gasteiger charge is 2.45. The summed E-state index contributed by atoms with van der Waals surface area (Å²) in [6.45, 7) is 4.19. The van der Waals surface area contributed by atoms with E-state index in [1.807, 2.05) is 12.1 Å². The molecule has 0 aliphatic carbocycles. The van der Waals surface area contributed by atoms with Crippen LogP contribution in [0.3, 0.4) is 0 Å². The van der Waals surface area contributed by atoms with Crippen LogP contribution in [0.1, 0.15) is 46.6 Å². The van der Waals surface area contributed by atoms with Crippen molar-refractivity contribution in [3.05, 3.63) is 79.6 Å². The van der Waals surface area contributed by atoms with Gasteiger partial charge in [0.15, 0.2) is 5.43 Å². The fourth-order valence-electron chi connectivity index (χ4n) is 4.02. The van der Waals surface area contributed by atoms with Crippen molar-refractivity contribution >= 4 is 44.9 Å². The molecule has 0 N–H and O–H groups in total. The Morgan fingerprint density at radius 2 is 1.91 bits per heavy atom. The number of hydrogen-bond acceptors (Lipinski definition) is 7. The molecule has 7 nitrogen and oxygen atoms in total. The molecule has 1 aliphatic rings. The zero-order valence-corrected chi connectivity index (χ0v) is 19.7. The summed E-state index contributed by atoms with van der Waals surface area (Å²) in [7, 11) is 1.58. The molecule has 0 radical (unpaired) electrons. The second-order valence-corrected chi connectivity index (χ2v) is 9.72. The van der Waals surface area contributed by atoms with Gasteiger partial charge >= 0.3 is 0 Å². The van der Waals surface area contributed by atoms with Crippen LogP contribution in [0.5, 0.6) is 5.75 Å². The van der Waals surface area contributed by atoms with Crippen LogP contribution in [-0.4, -0.2) is 23.2 Å². The Labute approximate surface area is 198 Å². The SMILES string of the molecule is COc1ccc([C@H]2c3c(oc4ccc(Cl)cc4c3=O)C(=O)N2c2nnc(CC(C)C)s2)cc1. The van der Waals surface area contributed by atoms with E-state index in [0.717, 1.165) is 17.0 Å². The van der Waals surface area contributed by atoms with E-state index in [1.165, 1.54) is 16.2 Å². The molecule has 0 saturated heterocycles. The Bertz CT molecular complexity index is 1430. The van der Waals surface area contributed by atoms with E-state index in [4.69, 9.17) is 20.8 Å². The lowest BCUT2D eigenvalue weighted by Gasteiger charge is -2.22. The van der Waals surface area contributed by atoms with Crippen LogP contribution in [0, 0.1) is 5.92 Å². The number of aromatic nitrogens is 2. The van der Waals surface area contributed by atoms with E-state index in [2.05, 4.69) is 24.0 Å². The third-order valence-electron chi connectivity index (χ3n) is 5.51. The highest BCUT2D eigenvalue weighted by Crippen LogP contribution is 2.42.